The molecule has 1 amide bonds. The van der Waals surface area contributed by atoms with Crippen molar-refractivity contribution in [2.24, 2.45) is 5.92 Å². The van der Waals surface area contributed by atoms with Crippen LogP contribution in [0.15, 0.2) is 48.8 Å². The molecule has 4 rings (SSSR count). The van der Waals surface area contributed by atoms with E-state index in [2.05, 4.69) is 9.88 Å². The molecule has 29 heavy (non-hydrogen) atoms. The third-order valence-electron chi connectivity index (χ3n) is 5.71. The predicted molar refractivity (Wildman–Crippen MR) is 106 cm³/mol. The fourth-order valence-corrected chi connectivity index (χ4v) is 4.08. The van der Waals surface area contributed by atoms with Crippen LogP contribution in [0.25, 0.3) is 0 Å². The van der Waals surface area contributed by atoms with Crippen molar-refractivity contribution in [1.29, 1.82) is 0 Å². The number of amides is 1. The lowest BCUT2D eigenvalue weighted by Gasteiger charge is -2.42. The molecule has 3 heterocycles. The van der Waals surface area contributed by atoms with Crippen molar-refractivity contribution in [1.82, 2.24) is 14.8 Å². The molecular weight excluding hydrogens is 373 g/mol. The van der Waals surface area contributed by atoms with Crippen molar-refractivity contribution < 1.29 is 18.7 Å². The van der Waals surface area contributed by atoms with Crippen LogP contribution in [0.4, 0.5) is 4.39 Å². The average Bonchev–Trinajstić information content (AvgIpc) is 2.95. The van der Waals surface area contributed by atoms with Crippen LogP contribution in [-0.4, -0.2) is 66.2 Å². The van der Waals surface area contributed by atoms with Gasteiger partial charge >= 0.3 is 0 Å². The highest BCUT2D eigenvalue weighted by atomic mass is 19.1. The van der Waals surface area contributed by atoms with Gasteiger partial charge in [-0.2, -0.15) is 0 Å². The van der Waals surface area contributed by atoms with Crippen molar-refractivity contribution in [3.63, 3.8) is 0 Å². The maximum absolute atomic E-state index is 13.0. The van der Waals surface area contributed by atoms with E-state index in [0.717, 1.165) is 26.1 Å². The van der Waals surface area contributed by atoms with Crippen molar-refractivity contribution in [3.8, 4) is 5.75 Å². The number of rotatable bonds is 5. The summed E-state index contributed by atoms with van der Waals surface area (Å²) in [5.74, 6) is 0.552. The molecule has 0 N–H and O–H groups in total. The number of fused-ring (bicyclic) bond motifs is 1. The van der Waals surface area contributed by atoms with Crippen LogP contribution in [0.5, 0.6) is 5.75 Å². The van der Waals surface area contributed by atoms with Gasteiger partial charge in [-0.1, -0.05) is 0 Å². The maximum atomic E-state index is 13.0. The highest BCUT2D eigenvalue weighted by Gasteiger charge is 2.36. The zero-order chi connectivity index (χ0) is 20.1. The summed E-state index contributed by atoms with van der Waals surface area (Å²) >= 11 is 0. The van der Waals surface area contributed by atoms with E-state index >= 15 is 0 Å². The van der Waals surface area contributed by atoms with Crippen molar-refractivity contribution in [3.05, 3.63) is 60.2 Å². The van der Waals surface area contributed by atoms with Gasteiger partial charge in [-0.05, 0) is 48.4 Å². The summed E-state index contributed by atoms with van der Waals surface area (Å²) in [6, 6.07) is 10.0. The zero-order valence-electron chi connectivity index (χ0n) is 16.4. The first-order chi connectivity index (χ1) is 14.2. The number of carbonyl (C=O) groups is 1. The topological polar surface area (TPSA) is 54.9 Å². The molecule has 154 valence electrons. The quantitative estimate of drug-likeness (QED) is 0.773. The Bertz CT molecular complexity index is 803. The SMILES string of the molecule is O=C(COc1ccc(F)cc1)N1CC[C@@H]2COCCN(Cc3ccncc3)[C@@H]2C1. The highest BCUT2D eigenvalue weighted by molar-refractivity contribution is 5.78. The highest BCUT2D eigenvalue weighted by Crippen LogP contribution is 2.26. The van der Waals surface area contributed by atoms with E-state index in [9.17, 15) is 9.18 Å². The van der Waals surface area contributed by atoms with Crippen molar-refractivity contribution in [2.45, 2.75) is 19.0 Å². The summed E-state index contributed by atoms with van der Waals surface area (Å²) in [6.07, 6.45) is 4.54. The first-order valence-corrected chi connectivity index (χ1v) is 10.1. The van der Waals surface area contributed by atoms with Crippen LogP contribution in [0.1, 0.15) is 12.0 Å². The number of piperidine rings is 1. The van der Waals surface area contributed by atoms with Crippen molar-refractivity contribution >= 4 is 5.91 Å². The van der Waals surface area contributed by atoms with Gasteiger partial charge in [0.1, 0.15) is 11.6 Å². The molecular formula is C22H26FN3O3. The molecule has 0 radical (unpaired) electrons. The minimum atomic E-state index is -0.323. The molecule has 2 saturated heterocycles. The second-order valence-corrected chi connectivity index (χ2v) is 7.60. The molecule has 2 atom stereocenters. The van der Waals surface area contributed by atoms with Crippen LogP contribution in [0, 0.1) is 11.7 Å². The molecule has 2 fully saturated rings. The number of benzene rings is 1. The Labute approximate surface area is 170 Å². The second-order valence-electron chi connectivity index (χ2n) is 7.60. The van der Waals surface area contributed by atoms with Gasteiger partial charge in [-0.15, -0.1) is 0 Å². The number of hydrogen-bond acceptors (Lipinski definition) is 5. The Morgan fingerprint density at radius 3 is 2.76 bits per heavy atom. The predicted octanol–water partition coefficient (Wildman–Crippen LogP) is 2.35. The number of hydrogen-bond donors (Lipinski definition) is 0. The largest absolute Gasteiger partial charge is 0.484 e. The van der Waals surface area contributed by atoms with Gasteiger partial charge in [0.25, 0.3) is 5.91 Å². The van der Waals surface area contributed by atoms with Gasteiger partial charge in [0, 0.05) is 50.5 Å². The van der Waals surface area contributed by atoms with Crippen LogP contribution in [0.2, 0.25) is 0 Å². The van der Waals surface area contributed by atoms with Gasteiger partial charge in [-0.25, -0.2) is 4.39 Å². The number of ether oxygens (including phenoxy) is 2. The first kappa shape index (κ1) is 19.8. The van der Waals surface area contributed by atoms with Gasteiger partial charge in [-0.3, -0.25) is 14.7 Å². The van der Waals surface area contributed by atoms with E-state index in [0.29, 0.717) is 31.4 Å². The van der Waals surface area contributed by atoms with Crippen LogP contribution >= 0.6 is 0 Å². The Balaban J connectivity index is 1.38. The second kappa shape index (κ2) is 9.33. The molecule has 1 aromatic carbocycles. The van der Waals surface area contributed by atoms with E-state index in [-0.39, 0.29) is 24.4 Å². The zero-order valence-corrected chi connectivity index (χ0v) is 16.4. The molecule has 2 aromatic rings. The van der Waals surface area contributed by atoms with Gasteiger partial charge in [0.15, 0.2) is 6.61 Å². The lowest BCUT2D eigenvalue weighted by Crippen LogP contribution is -2.54. The van der Waals surface area contributed by atoms with Gasteiger partial charge in [0.05, 0.1) is 13.2 Å². The molecule has 0 aliphatic carbocycles. The van der Waals surface area contributed by atoms with Gasteiger partial charge in [0.2, 0.25) is 0 Å². The number of pyridine rings is 1. The Morgan fingerprint density at radius 1 is 1.17 bits per heavy atom. The number of halogens is 1. The number of likely N-dealkylation sites (tertiary alicyclic amines) is 1. The monoisotopic (exact) mass is 399 g/mol. The van der Waals surface area contributed by atoms with E-state index in [1.54, 1.807) is 0 Å². The lowest BCUT2D eigenvalue weighted by molar-refractivity contribution is -0.136. The third-order valence-corrected chi connectivity index (χ3v) is 5.71. The molecule has 0 saturated carbocycles. The number of carbonyl (C=O) groups excluding carboxylic acids is 1. The van der Waals surface area contributed by atoms with E-state index < -0.39 is 0 Å². The Kier molecular flexibility index (Phi) is 6.36. The summed E-state index contributed by atoms with van der Waals surface area (Å²) in [6.45, 7) is 4.46. The van der Waals surface area contributed by atoms with E-state index in [4.69, 9.17) is 9.47 Å². The van der Waals surface area contributed by atoms with Crippen molar-refractivity contribution in [2.75, 3.05) is 39.5 Å². The minimum Gasteiger partial charge on any atom is -0.484 e. The Morgan fingerprint density at radius 2 is 1.97 bits per heavy atom. The van der Waals surface area contributed by atoms with Crippen LogP contribution in [-0.2, 0) is 16.1 Å². The number of aromatic nitrogens is 1. The van der Waals surface area contributed by atoms with E-state index in [1.807, 2.05) is 29.4 Å². The molecule has 0 spiro atoms. The maximum Gasteiger partial charge on any atom is 0.260 e. The molecule has 6 nitrogen and oxygen atoms in total. The molecule has 7 heteroatoms. The molecule has 0 unspecified atom stereocenters. The standard InChI is InChI=1S/C22H26FN3O3/c23-19-1-3-20(4-2-19)29-16-22(27)26-10-7-18-15-28-12-11-25(21(18)14-26)13-17-5-8-24-9-6-17/h1-6,8-9,18,21H,7,10-16H2/t18-,21-/m1/s1. The fourth-order valence-electron chi connectivity index (χ4n) is 4.08. The third kappa shape index (κ3) is 5.10. The lowest BCUT2D eigenvalue weighted by atomic mass is 9.91. The molecule has 1 aromatic heterocycles. The van der Waals surface area contributed by atoms with Gasteiger partial charge < -0.3 is 14.4 Å². The smallest absolute Gasteiger partial charge is 0.260 e. The molecule has 0 bridgehead atoms. The summed E-state index contributed by atoms with van der Waals surface area (Å²) in [4.78, 5) is 21.1. The minimum absolute atomic E-state index is 0.0378. The summed E-state index contributed by atoms with van der Waals surface area (Å²) in [7, 11) is 0. The van der Waals surface area contributed by atoms with Crippen LogP contribution in [0.3, 0.4) is 0 Å². The fraction of sp³-hybridized carbons (Fsp3) is 0.455. The van der Waals surface area contributed by atoms with Crippen LogP contribution < -0.4 is 4.74 Å². The van der Waals surface area contributed by atoms with E-state index in [1.165, 1.54) is 29.8 Å². The average molecular weight is 399 g/mol. The summed E-state index contributed by atoms with van der Waals surface area (Å²) < 4.78 is 24.4. The summed E-state index contributed by atoms with van der Waals surface area (Å²) in [5.41, 5.74) is 1.21. The normalized spacial score (nSPS) is 22.6. The molecule has 2 aliphatic heterocycles. The summed E-state index contributed by atoms with van der Waals surface area (Å²) in [5, 5.41) is 0. The molecule has 2 aliphatic rings. The first-order valence-electron chi connectivity index (χ1n) is 10.1. The Hall–Kier alpha value is -2.51. The number of nitrogens with zero attached hydrogens (tertiary/aromatic N) is 3.